The molecule has 1 N–H and O–H groups in total. The predicted molar refractivity (Wildman–Crippen MR) is 119 cm³/mol. The van der Waals surface area contributed by atoms with E-state index in [0.29, 0.717) is 31.7 Å². The number of piperidine rings is 1. The normalized spacial score (nSPS) is 17.2. The Morgan fingerprint density at radius 3 is 2.23 bits per heavy atom. The van der Waals surface area contributed by atoms with Crippen LogP contribution in [0.1, 0.15) is 31.2 Å². The second-order valence-electron chi connectivity index (χ2n) is 7.59. The lowest BCUT2D eigenvalue weighted by Gasteiger charge is -2.34. The maximum atomic E-state index is 13.2. The van der Waals surface area contributed by atoms with E-state index in [0.717, 1.165) is 24.2 Å². The smallest absolute Gasteiger partial charge is 0.243 e. The van der Waals surface area contributed by atoms with E-state index in [4.69, 9.17) is 9.47 Å². The van der Waals surface area contributed by atoms with Crippen LogP contribution in [0.3, 0.4) is 0 Å². The number of sulfonamides is 1. The van der Waals surface area contributed by atoms with Gasteiger partial charge in [-0.1, -0.05) is 18.6 Å². The van der Waals surface area contributed by atoms with E-state index >= 15 is 0 Å². The number of nitrogens with zero attached hydrogens (tertiary/aromatic N) is 1. The molecule has 1 unspecified atom stereocenters. The summed E-state index contributed by atoms with van der Waals surface area (Å²) in [6.07, 6.45) is 3.26. The van der Waals surface area contributed by atoms with Crippen LogP contribution in [0.4, 0.5) is 0 Å². The molecule has 7 nitrogen and oxygen atoms in total. The third-order valence-electron chi connectivity index (χ3n) is 5.56. The van der Waals surface area contributed by atoms with Crippen molar-refractivity contribution in [2.24, 2.45) is 0 Å². The molecule has 0 bridgehead atoms. The summed E-state index contributed by atoms with van der Waals surface area (Å²) in [4.78, 5) is 12.7. The van der Waals surface area contributed by atoms with E-state index in [1.165, 1.54) is 11.4 Å². The summed E-state index contributed by atoms with van der Waals surface area (Å²) in [5.74, 6) is 1.27. The zero-order chi connectivity index (χ0) is 22.3. The molecule has 1 aliphatic rings. The first kappa shape index (κ1) is 23.1. The van der Waals surface area contributed by atoms with Crippen molar-refractivity contribution in [3.8, 4) is 11.5 Å². The Balaban J connectivity index is 1.58. The van der Waals surface area contributed by atoms with Gasteiger partial charge >= 0.3 is 0 Å². The van der Waals surface area contributed by atoms with Gasteiger partial charge in [-0.15, -0.1) is 0 Å². The number of rotatable bonds is 9. The number of carbonyl (C=O) groups excluding carboxylic acids is 1. The van der Waals surface area contributed by atoms with Crippen LogP contribution in [-0.2, 0) is 21.2 Å². The zero-order valence-electron chi connectivity index (χ0n) is 18.0. The molecule has 0 saturated carbocycles. The van der Waals surface area contributed by atoms with Crippen molar-refractivity contribution in [3.05, 3.63) is 54.1 Å². The van der Waals surface area contributed by atoms with E-state index in [2.05, 4.69) is 5.32 Å². The molecule has 3 rings (SSSR count). The second kappa shape index (κ2) is 10.6. The van der Waals surface area contributed by atoms with Crippen LogP contribution in [0.15, 0.2) is 53.4 Å². The molecule has 168 valence electrons. The van der Waals surface area contributed by atoms with Crippen molar-refractivity contribution in [3.63, 3.8) is 0 Å². The number of hydrogen-bond donors (Lipinski definition) is 1. The predicted octanol–water partition coefficient (Wildman–Crippen LogP) is 3.00. The molecule has 0 radical (unpaired) electrons. The van der Waals surface area contributed by atoms with Crippen LogP contribution < -0.4 is 14.8 Å². The van der Waals surface area contributed by atoms with E-state index in [1.807, 2.05) is 24.3 Å². The Kier molecular flexibility index (Phi) is 7.92. The fraction of sp³-hybridized carbons (Fsp3) is 0.435. The van der Waals surface area contributed by atoms with Crippen LogP contribution >= 0.6 is 0 Å². The van der Waals surface area contributed by atoms with E-state index in [9.17, 15) is 13.2 Å². The van der Waals surface area contributed by atoms with Gasteiger partial charge < -0.3 is 14.8 Å². The zero-order valence-corrected chi connectivity index (χ0v) is 18.9. The van der Waals surface area contributed by atoms with E-state index in [-0.39, 0.29) is 23.3 Å². The highest BCUT2D eigenvalue weighted by atomic mass is 32.2. The number of nitrogens with one attached hydrogen (secondary N) is 1. The van der Waals surface area contributed by atoms with E-state index in [1.54, 1.807) is 31.4 Å². The third kappa shape index (κ3) is 5.98. The van der Waals surface area contributed by atoms with Gasteiger partial charge in [0.15, 0.2) is 0 Å². The van der Waals surface area contributed by atoms with Crippen molar-refractivity contribution in [2.75, 3.05) is 27.3 Å². The number of hydrogen-bond acceptors (Lipinski definition) is 5. The highest BCUT2D eigenvalue weighted by molar-refractivity contribution is 7.89. The summed E-state index contributed by atoms with van der Waals surface area (Å²) in [5, 5.41) is 2.93. The van der Waals surface area contributed by atoms with Gasteiger partial charge in [-0.25, -0.2) is 8.42 Å². The van der Waals surface area contributed by atoms with Crippen LogP contribution in [0.25, 0.3) is 0 Å². The average molecular weight is 447 g/mol. The van der Waals surface area contributed by atoms with Crippen LogP contribution in [-0.4, -0.2) is 52.0 Å². The minimum atomic E-state index is -3.67. The van der Waals surface area contributed by atoms with Gasteiger partial charge in [0.05, 0.1) is 19.1 Å². The maximum Gasteiger partial charge on any atom is 0.243 e. The lowest BCUT2D eigenvalue weighted by atomic mass is 10.0. The van der Waals surface area contributed by atoms with Crippen molar-refractivity contribution in [1.29, 1.82) is 0 Å². The first-order valence-corrected chi connectivity index (χ1v) is 11.9. The van der Waals surface area contributed by atoms with Gasteiger partial charge in [-0.2, -0.15) is 4.31 Å². The Bertz CT molecular complexity index is 958. The summed E-state index contributed by atoms with van der Waals surface area (Å²) < 4.78 is 38.1. The lowest BCUT2D eigenvalue weighted by Crippen LogP contribution is -2.46. The molecule has 31 heavy (non-hydrogen) atoms. The quantitative estimate of drug-likeness (QED) is 0.640. The highest BCUT2D eigenvalue weighted by Crippen LogP contribution is 2.28. The first-order chi connectivity index (χ1) is 14.9. The molecule has 2 aromatic rings. The third-order valence-corrected chi connectivity index (χ3v) is 7.52. The van der Waals surface area contributed by atoms with Crippen LogP contribution in [0.2, 0.25) is 0 Å². The molecule has 1 aliphatic heterocycles. The van der Waals surface area contributed by atoms with Gasteiger partial charge in [0.1, 0.15) is 11.5 Å². The Hall–Kier alpha value is -2.58. The molecular weight excluding hydrogens is 416 g/mol. The lowest BCUT2D eigenvalue weighted by molar-refractivity contribution is -0.122. The first-order valence-electron chi connectivity index (χ1n) is 10.5. The minimum Gasteiger partial charge on any atom is -0.497 e. The number of benzene rings is 2. The number of methoxy groups -OCH3 is 2. The Morgan fingerprint density at radius 2 is 1.61 bits per heavy atom. The molecule has 2 aromatic carbocycles. The summed E-state index contributed by atoms with van der Waals surface area (Å²) in [5.41, 5.74) is 1.10. The molecule has 1 fully saturated rings. The molecule has 1 saturated heterocycles. The summed E-state index contributed by atoms with van der Waals surface area (Å²) >= 11 is 0. The minimum absolute atomic E-state index is 0.129. The standard InChI is InChI=1S/C23H30N2O5S/c1-29-20-8-6-18(7-9-20)14-15-24-23(26)17-19-5-3-4-16-25(19)31(27,28)22-12-10-21(30-2)11-13-22/h6-13,19H,3-5,14-17H2,1-2H3,(H,24,26). The molecule has 1 atom stereocenters. The second-order valence-corrected chi connectivity index (χ2v) is 9.48. The molecule has 1 heterocycles. The van der Waals surface area contributed by atoms with Crippen LogP contribution in [0.5, 0.6) is 11.5 Å². The van der Waals surface area contributed by atoms with Crippen molar-refractivity contribution in [2.45, 2.75) is 43.0 Å². The van der Waals surface area contributed by atoms with E-state index < -0.39 is 10.0 Å². The summed E-state index contributed by atoms with van der Waals surface area (Å²) in [7, 11) is -0.503. The fourth-order valence-corrected chi connectivity index (χ4v) is 5.49. The maximum absolute atomic E-state index is 13.2. The highest BCUT2D eigenvalue weighted by Gasteiger charge is 2.34. The average Bonchev–Trinajstić information content (AvgIpc) is 2.80. The summed E-state index contributed by atoms with van der Waals surface area (Å²) in [6.45, 7) is 0.932. The number of ether oxygens (including phenoxy) is 2. The fourth-order valence-electron chi connectivity index (χ4n) is 3.80. The molecule has 1 amide bonds. The molecule has 0 spiro atoms. The van der Waals surface area contributed by atoms with Crippen molar-refractivity contribution >= 4 is 15.9 Å². The molecule has 0 aromatic heterocycles. The van der Waals surface area contributed by atoms with Crippen LogP contribution in [0, 0.1) is 0 Å². The summed E-state index contributed by atoms with van der Waals surface area (Å²) in [6, 6.07) is 13.8. The topological polar surface area (TPSA) is 84.9 Å². The SMILES string of the molecule is COc1ccc(CCNC(=O)CC2CCCCN2S(=O)(=O)c2ccc(OC)cc2)cc1. The molecule has 0 aliphatic carbocycles. The van der Waals surface area contributed by atoms with Gasteiger partial charge in [-0.3, -0.25) is 4.79 Å². The largest absolute Gasteiger partial charge is 0.497 e. The van der Waals surface area contributed by atoms with Gasteiger partial charge in [-0.05, 0) is 61.2 Å². The van der Waals surface area contributed by atoms with Crippen molar-refractivity contribution < 1.29 is 22.7 Å². The number of carbonyl (C=O) groups is 1. The Labute approximate surface area is 184 Å². The van der Waals surface area contributed by atoms with Crippen molar-refractivity contribution in [1.82, 2.24) is 9.62 Å². The molecule has 8 heteroatoms. The molecular formula is C23H30N2O5S. The van der Waals surface area contributed by atoms with Gasteiger partial charge in [0.25, 0.3) is 0 Å². The monoisotopic (exact) mass is 446 g/mol. The van der Waals surface area contributed by atoms with Gasteiger partial charge in [0.2, 0.25) is 15.9 Å². The Morgan fingerprint density at radius 1 is 1.00 bits per heavy atom. The number of amides is 1. The van der Waals surface area contributed by atoms with Gasteiger partial charge in [0, 0.05) is 25.6 Å².